The third-order valence-corrected chi connectivity index (χ3v) is 7.79. The number of esters is 1. The number of ether oxygens (including phenoxy) is 3. The number of rotatable bonds is 8. The van der Waals surface area contributed by atoms with Gasteiger partial charge in [0, 0.05) is 6.20 Å². The fourth-order valence-electron chi connectivity index (χ4n) is 4.62. The van der Waals surface area contributed by atoms with Crippen LogP contribution in [0.2, 0.25) is 0 Å². The molecular formula is C29H27IN2O4S. The highest BCUT2D eigenvalue weighted by molar-refractivity contribution is 14.1. The highest BCUT2D eigenvalue weighted by Crippen LogP contribution is 2.44. The van der Waals surface area contributed by atoms with E-state index in [1.54, 1.807) is 0 Å². The highest BCUT2D eigenvalue weighted by atomic mass is 127. The van der Waals surface area contributed by atoms with Crippen molar-refractivity contribution in [2.75, 3.05) is 13.2 Å². The van der Waals surface area contributed by atoms with Crippen LogP contribution in [0, 0.1) is 3.57 Å². The maximum absolute atomic E-state index is 13.0. The molecule has 5 rings (SSSR count). The molecule has 2 heterocycles. The predicted molar refractivity (Wildman–Crippen MR) is 157 cm³/mol. The molecule has 0 fully saturated rings. The largest absolute Gasteiger partial charge is 0.490 e. The van der Waals surface area contributed by atoms with Gasteiger partial charge in [-0.25, -0.2) is 9.79 Å². The Morgan fingerprint density at radius 3 is 2.70 bits per heavy atom. The van der Waals surface area contributed by atoms with Gasteiger partial charge >= 0.3 is 5.97 Å². The molecule has 0 radical (unpaired) electrons. The van der Waals surface area contributed by atoms with Gasteiger partial charge in [-0.05, 0) is 82.8 Å². The number of nitrogens with zero attached hydrogens (tertiary/aromatic N) is 2. The number of hydrogen-bond acceptors (Lipinski definition) is 7. The van der Waals surface area contributed by atoms with E-state index >= 15 is 0 Å². The molecule has 6 nitrogen and oxygen atoms in total. The molecule has 0 amide bonds. The zero-order chi connectivity index (χ0) is 25.9. The van der Waals surface area contributed by atoms with Gasteiger partial charge in [0.2, 0.25) is 0 Å². The van der Waals surface area contributed by atoms with Crippen molar-refractivity contribution in [1.29, 1.82) is 0 Å². The number of benzene rings is 3. The van der Waals surface area contributed by atoms with Crippen molar-refractivity contribution in [3.05, 3.63) is 92.2 Å². The van der Waals surface area contributed by atoms with Gasteiger partial charge in [0.25, 0.3) is 0 Å². The molecule has 1 atom stereocenters. The minimum absolute atomic E-state index is 0.298. The van der Waals surface area contributed by atoms with E-state index in [0.717, 1.165) is 19.9 Å². The van der Waals surface area contributed by atoms with Gasteiger partial charge < -0.3 is 19.1 Å². The SMILES string of the molecule is CCOC(=O)C1=C(C)N=C2SC=CN2[C@H]1c1cc(I)c(OCc2cccc3ccccc23)c(OCC)c1. The Morgan fingerprint density at radius 1 is 1.08 bits per heavy atom. The summed E-state index contributed by atoms with van der Waals surface area (Å²) in [6.07, 6.45) is 1.96. The van der Waals surface area contributed by atoms with Gasteiger partial charge in [-0.3, -0.25) is 0 Å². The molecule has 0 aliphatic carbocycles. The highest BCUT2D eigenvalue weighted by Gasteiger charge is 2.38. The molecule has 3 aromatic rings. The number of thioether (sulfide) groups is 1. The number of allylic oxidation sites excluding steroid dienone is 1. The zero-order valence-corrected chi connectivity index (χ0v) is 23.8. The van der Waals surface area contributed by atoms with Gasteiger partial charge in [-0.15, -0.1) is 0 Å². The van der Waals surface area contributed by atoms with Crippen LogP contribution in [0.25, 0.3) is 10.8 Å². The molecule has 190 valence electrons. The first-order valence-corrected chi connectivity index (χ1v) is 14.1. The van der Waals surface area contributed by atoms with E-state index in [1.165, 1.54) is 22.5 Å². The Hall–Kier alpha value is -2.98. The second-order valence-electron chi connectivity index (χ2n) is 8.52. The van der Waals surface area contributed by atoms with Crippen molar-refractivity contribution >= 4 is 56.3 Å². The van der Waals surface area contributed by atoms with Gasteiger partial charge in [0.1, 0.15) is 6.61 Å². The van der Waals surface area contributed by atoms with E-state index in [9.17, 15) is 4.79 Å². The molecule has 3 aromatic carbocycles. The quantitative estimate of drug-likeness (QED) is 0.195. The lowest BCUT2D eigenvalue weighted by Gasteiger charge is -2.33. The second kappa shape index (κ2) is 11.2. The number of aliphatic imine (C=N–C) groups is 1. The second-order valence-corrected chi connectivity index (χ2v) is 10.6. The molecule has 8 heteroatoms. The first-order valence-electron chi connectivity index (χ1n) is 12.2. The summed E-state index contributed by atoms with van der Waals surface area (Å²) in [6, 6.07) is 18.2. The van der Waals surface area contributed by atoms with Gasteiger partial charge in [0.15, 0.2) is 16.7 Å². The fraction of sp³-hybridized carbons (Fsp3) is 0.241. The standard InChI is InChI=1S/C29H27IN2O4S/c1-4-34-24-16-21(26-25(28(33)35-5-2)18(3)31-29-32(26)13-14-37-29)15-23(30)27(24)36-17-20-11-8-10-19-9-6-7-12-22(19)20/h6-16,26H,4-5,17H2,1-3H3/t26-/m0/s1. The lowest BCUT2D eigenvalue weighted by atomic mass is 9.94. The van der Waals surface area contributed by atoms with E-state index in [4.69, 9.17) is 14.2 Å². The summed E-state index contributed by atoms with van der Waals surface area (Å²) in [7, 11) is 0. The Kier molecular flexibility index (Phi) is 7.76. The topological polar surface area (TPSA) is 60.4 Å². The fourth-order valence-corrected chi connectivity index (χ4v) is 6.19. The van der Waals surface area contributed by atoms with Crippen molar-refractivity contribution in [2.45, 2.75) is 33.4 Å². The average Bonchev–Trinajstić information content (AvgIpc) is 3.35. The van der Waals surface area contributed by atoms with E-state index in [2.05, 4.69) is 57.9 Å². The van der Waals surface area contributed by atoms with Crippen LogP contribution in [-0.4, -0.2) is 29.3 Å². The van der Waals surface area contributed by atoms with Crippen molar-refractivity contribution in [1.82, 2.24) is 4.90 Å². The van der Waals surface area contributed by atoms with Crippen LogP contribution in [-0.2, 0) is 16.1 Å². The first-order chi connectivity index (χ1) is 18.0. The smallest absolute Gasteiger partial charge is 0.338 e. The summed E-state index contributed by atoms with van der Waals surface area (Å²) < 4.78 is 18.8. The number of fused-ring (bicyclic) bond motifs is 2. The van der Waals surface area contributed by atoms with Crippen LogP contribution >= 0.6 is 34.4 Å². The summed E-state index contributed by atoms with van der Waals surface area (Å²) in [5, 5.41) is 5.16. The zero-order valence-electron chi connectivity index (χ0n) is 20.9. The minimum Gasteiger partial charge on any atom is -0.490 e. The maximum atomic E-state index is 13.0. The normalized spacial score (nSPS) is 16.6. The number of carbonyl (C=O) groups is 1. The van der Waals surface area contributed by atoms with Crippen molar-refractivity contribution in [3.63, 3.8) is 0 Å². The lowest BCUT2D eigenvalue weighted by molar-refractivity contribution is -0.139. The summed E-state index contributed by atoms with van der Waals surface area (Å²) in [4.78, 5) is 19.7. The minimum atomic E-state index is -0.377. The summed E-state index contributed by atoms with van der Waals surface area (Å²) >= 11 is 3.82. The number of hydrogen-bond donors (Lipinski definition) is 0. The molecule has 2 aliphatic heterocycles. The molecule has 0 unspecified atom stereocenters. The predicted octanol–water partition coefficient (Wildman–Crippen LogP) is 7.19. The Balaban J connectivity index is 1.53. The van der Waals surface area contributed by atoms with Crippen molar-refractivity contribution in [3.8, 4) is 11.5 Å². The number of carbonyl (C=O) groups excluding carboxylic acids is 1. The van der Waals surface area contributed by atoms with Crippen molar-refractivity contribution in [2.24, 2.45) is 4.99 Å². The van der Waals surface area contributed by atoms with Crippen molar-refractivity contribution < 1.29 is 19.0 Å². The molecule has 0 saturated heterocycles. The Bertz CT molecular complexity index is 1440. The molecular weight excluding hydrogens is 599 g/mol. The molecule has 0 saturated carbocycles. The third kappa shape index (κ3) is 5.09. The van der Waals surface area contributed by atoms with E-state index in [0.29, 0.717) is 42.6 Å². The maximum Gasteiger partial charge on any atom is 0.338 e. The van der Waals surface area contributed by atoms with E-state index in [1.807, 2.05) is 61.5 Å². The van der Waals surface area contributed by atoms with E-state index in [-0.39, 0.29) is 12.0 Å². The molecule has 0 bridgehead atoms. The van der Waals surface area contributed by atoms with Crippen LogP contribution in [0.4, 0.5) is 0 Å². The van der Waals surface area contributed by atoms with Crippen LogP contribution in [0.3, 0.4) is 0 Å². The van der Waals surface area contributed by atoms with Gasteiger partial charge in [-0.1, -0.05) is 54.2 Å². The summed E-state index contributed by atoms with van der Waals surface area (Å²) in [5.41, 5.74) is 3.21. The number of amidine groups is 1. The molecule has 0 N–H and O–H groups in total. The van der Waals surface area contributed by atoms with Gasteiger partial charge in [-0.2, -0.15) is 0 Å². The summed E-state index contributed by atoms with van der Waals surface area (Å²) in [6.45, 7) is 6.82. The van der Waals surface area contributed by atoms with Crippen LogP contribution in [0.15, 0.2) is 82.5 Å². The third-order valence-electron chi connectivity index (χ3n) is 6.22. The van der Waals surface area contributed by atoms with Crippen LogP contribution in [0.1, 0.15) is 37.9 Å². The molecule has 0 aromatic heterocycles. The monoisotopic (exact) mass is 626 g/mol. The molecule has 2 aliphatic rings. The summed E-state index contributed by atoms with van der Waals surface area (Å²) in [5.74, 6) is 0.973. The Labute approximate surface area is 234 Å². The van der Waals surface area contributed by atoms with Gasteiger partial charge in [0.05, 0.1) is 34.1 Å². The lowest BCUT2D eigenvalue weighted by Crippen LogP contribution is -2.34. The van der Waals surface area contributed by atoms with E-state index < -0.39 is 0 Å². The molecule has 37 heavy (non-hydrogen) atoms. The van der Waals surface area contributed by atoms with Crippen LogP contribution < -0.4 is 9.47 Å². The van der Waals surface area contributed by atoms with Crippen LogP contribution in [0.5, 0.6) is 11.5 Å². The average molecular weight is 627 g/mol. The Morgan fingerprint density at radius 2 is 1.89 bits per heavy atom. The number of halogens is 1. The first kappa shape index (κ1) is 25.7. The molecule has 0 spiro atoms.